The van der Waals surface area contributed by atoms with Crippen molar-refractivity contribution < 1.29 is 9.90 Å². The zero-order valence-corrected chi connectivity index (χ0v) is 9.55. The van der Waals surface area contributed by atoms with Crippen LogP contribution in [0.1, 0.15) is 17.9 Å². The fraction of sp³-hybridized carbons (Fsp3) is 0.455. The Kier molecular flexibility index (Phi) is 4.25. The highest BCUT2D eigenvalue weighted by molar-refractivity contribution is 5.68. The van der Waals surface area contributed by atoms with Crippen molar-refractivity contribution in [3.05, 3.63) is 23.9 Å². The van der Waals surface area contributed by atoms with Crippen molar-refractivity contribution in [3.63, 3.8) is 0 Å². The fourth-order valence-corrected chi connectivity index (χ4v) is 1.63. The van der Waals surface area contributed by atoms with E-state index in [-0.39, 0.29) is 12.3 Å². The lowest BCUT2D eigenvalue weighted by Crippen LogP contribution is -2.21. The summed E-state index contributed by atoms with van der Waals surface area (Å²) in [6, 6.07) is 3.68. The van der Waals surface area contributed by atoms with E-state index >= 15 is 0 Å². The smallest absolute Gasteiger partial charge is 0.304 e. The maximum Gasteiger partial charge on any atom is 0.304 e. The predicted molar refractivity (Wildman–Crippen MR) is 62.6 cm³/mol. The minimum atomic E-state index is -0.844. The van der Waals surface area contributed by atoms with Gasteiger partial charge < -0.3 is 15.7 Å². The van der Waals surface area contributed by atoms with Crippen LogP contribution in [0.15, 0.2) is 18.3 Å². The Morgan fingerprint density at radius 1 is 1.62 bits per heavy atom. The Morgan fingerprint density at radius 2 is 2.31 bits per heavy atom. The molecule has 0 amide bonds. The van der Waals surface area contributed by atoms with Crippen LogP contribution in [0.4, 0.5) is 5.82 Å². The monoisotopic (exact) mass is 223 g/mol. The molecule has 0 aliphatic heterocycles. The minimum absolute atomic E-state index is 0.0308. The number of rotatable bonds is 5. The summed E-state index contributed by atoms with van der Waals surface area (Å²) in [7, 11) is 3.75. The van der Waals surface area contributed by atoms with Gasteiger partial charge in [0.25, 0.3) is 0 Å². The second-order valence-corrected chi connectivity index (χ2v) is 3.84. The normalized spacial score (nSPS) is 12.2. The second kappa shape index (κ2) is 5.46. The number of anilines is 1. The summed E-state index contributed by atoms with van der Waals surface area (Å²) >= 11 is 0. The van der Waals surface area contributed by atoms with Gasteiger partial charge in [-0.1, -0.05) is 6.07 Å². The third kappa shape index (κ3) is 2.93. The summed E-state index contributed by atoms with van der Waals surface area (Å²) in [5.41, 5.74) is 6.50. The quantitative estimate of drug-likeness (QED) is 0.766. The Hall–Kier alpha value is -1.62. The third-order valence-corrected chi connectivity index (χ3v) is 2.39. The molecule has 0 aromatic carbocycles. The number of nitrogens with zero attached hydrogens (tertiary/aromatic N) is 2. The van der Waals surface area contributed by atoms with E-state index in [0.717, 1.165) is 11.4 Å². The summed E-state index contributed by atoms with van der Waals surface area (Å²) in [6.07, 6.45) is 1.72. The molecule has 0 aliphatic rings. The number of carbonyl (C=O) groups is 1. The van der Waals surface area contributed by atoms with Crippen LogP contribution < -0.4 is 10.6 Å². The molecule has 0 saturated carbocycles. The highest BCUT2D eigenvalue weighted by Crippen LogP contribution is 2.26. The lowest BCUT2D eigenvalue weighted by Gasteiger charge is -2.20. The highest BCUT2D eigenvalue weighted by Gasteiger charge is 2.18. The average Bonchev–Trinajstić information content (AvgIpc) is 2.25. The number of pyridine rings is 1. The number of nitrogens with two attached hydrogens (primary N) is 1. The number of hydrogen-bond acceptors (Lipinski definition) is 4. The van der Waals surface area contributed by atoms with Gasteiger partial charge in [0.15, 0.2) is 0 Å². The van der Waals surface area contributed by atoms with Crippen molar-refractivity contribution in [2.45, 2.75) is 12.3 Å². The maximum atomic E-state index is 10.7. The zero-order valence-electron chi connectivity index (χ0n) is 9.55. The number of hydrogen-bond donors (Lipinski definition) is 2. The molecule has 0 aliphatic carbocycles. The molecule has 0 fully saturated rings. The maximum absolute atomic E-state index is 10.7. The van der Waals surface area contributed by atoms with E-state index in [2.05, 4.69) is 4.98 Å². The third-order valence-electron chi connectivity index (χ3n) is 2.39. The van der Waals surface area contributed by atoms with Crippen LogP contribution in [0.3, 0.4) is 0 Å². The summed E-state index contributed by atoms with van der Waals surface area (Å²) < 4.78 is 0. The van der Waals surface area contributed by atoms with Crippen molar-refractivity contribution in [3.8, 4) is 0 Å². The molecule has 0 bridgehead atoms. The summed E-state index contributed by atoms with van der Waals surface area (Å²) in [6.45, 7) is 0.304. The summed E-state index contributed by atoms with van der Waals surface area (Å²) in [5.74, 6) is -0.258. The van der Waals surface area contributed by atoms with Gasteiger partial charge >= 0.3 is 5.97 Å². The van der Waals surface area contributed by atoms with Gasteiger partial charge in [0.05, 0.1) is 6.42 Å². The van der Waals surface area contributed by atoms with Gasteiger partial charge in [-0.2, -0.15) is 0 Å². The largest absolute Gasteiger partial charge is 0.481 e. The molecule has 0 spiro atoms. The van der Waals surface area contributed by atoms with Gasteiger partial charge in [-0.05, 0) is 18.2 Å². The van der Waals surface area contributed by atoms with Gasteiger partial charge in [0.2, 0.25) is 0 Å². The van der Waals surface area contributed by atoms with Crippen molar-refractivity contribution in [1.29, 1.82) is 0 Å². The van der Waals surface area contributed by atoms with Crippen LogP contribution in [-0.4, -0.2) is 36.7 Å². The minimum Gasteiger partial charge on any atom is -0.481 e. The van der Waals surface area contributed by atoms with Crippen LogP contribution in [0, 0.1) is 0 Å². The number of aromatic nitrogens is 1. The van der Waals surface area contributed by atoms with E-state index in [1.807, 2.05) is 25.1 Å². The van der Waals surface area contributed by atoms with Crippen molar-refractivity contribution >= 4 is 11.8 Å². The first kappa shape index (κ1) is 12.4. The van der Waals surface area contributed by atoms with E-state index < -0.39 is 5.97 Å². The molecule has 1 aromatic rings. The lowest BCUT2D eigenvalue weighted by atomic mass is 9.96. The van der Waals surface area contributed by atoms with Crippen molar-refractivity contribution in [1.82, 2.24) is 4.98 Å². The van der Waals surface area contributed by atoms with E-state index in [9.17, 15) is 4.79 Å². The van der Waals surface area contributed by atoms with Crippen LogP contribution in [0.5, 0.6) is 0 Å². The van der Waals surface area contributed by atoms with Gasteiger partial charge in [-0.3, -0.25) is 4.79 Å². The van der Waals surface area contributed by atoms with Gasteiger partial charge in [-0.25, -0.2) is 4.98 Å². The van der Waals surface area contributed by atoms with E-state index in [4.69, 9.17) is 10.8 Å². The zero-order chi connectivity index (χ0) is 12.1. The van der Waals surface area contributed by atoms with Crippen LogP contribution in [0.25, 0.3) is 0 Å². The molecule has 88 valence electrons. The van der Waals surface area contributed by atoms with Crippen LogP contribution in [-0.2, 0) is 4.79 Å². The molecule has 0 saturated heterocycles. The molecule has 1 unspecified atom stereocenters. The standard InChI is InChI=1S/C11H17N3O2/c1-14(2)11-9(4-3-5-13-11)8(7-12)6-10(15)16/h3-5,8H,6-7,12H2,1-2H3,(H,15,16). The van der Waals surface area contributed by atoms with Crippen LogP contribution >= 0.6 is 0 Å². The van der Waals surface area contributed by atoms with Crippen molar-refractivity contribution in [2.24, 2.45) is 5.73 Å². The fourth-order valence-electron chi connectivity index (χ4n) is 1.63. The Labute approximate surface area is 94.9 Å². The summed E-state index contributed by atoms with van der Waals surface area (Å²) in [5, 5.41) is 8.82. The predicted octanol–water partition coefficient (Wildman–Crippen LogP) is 0.665. The Morgan fingerprint density at radius 3 is 2.81 bits per heavy atom. The molecule has 0 radical (unpaired) electrons. The van der Waals surface area contributed by atoms with Gasteiger partial charge in [0, 0.05) is 26.2 Å². The molecular formula is C11H17N3O2. The SMILES string of the molecule is CN(C)c1ncccc1C(CN)CC(=O)O. The number of carboxylic acids is 1. The number of carboxylic acid groups (broad SMARTS) is 1. The Balaban J connectivity index is 3.03. The molecule has 5 nitrogen and oxygen atoms in total. The Bertz CT molecular complexity index is 366. The lowest BCUT2D eigenvalue weighted by molar-refractivity contribution is -0.137. The molecule has 1 aromatic heterocycles. The van der Waals surface area contributed by atoms with E-state index in [0.29, 0.717) is 6.54 Å². The molecular weight excluding hydrogens is 206 g/mol. The van der Waals surface area contributed by atoms with E-state index in [1.54, 1.807) is 12.3 Å². The van der Waals surface area contributed by atoms with Crippen LogP contribution in [0.2, 0.25) is 0 Å². The topological polar surface area (TPSA) is 79.5 Å². The van der Waals surface area contributed by atoms with Gasteiger partial charge in [-0.15, -0.1) is 0 Å². The molecule has 1 atom stereocenters. The molecule has 3 N–H and O–H groups in total. The summed E-state index contributed by atoms with van der Waals surface area (Å²) in [4.78, 5) is 16.8. The molecule has 1 rings (SSSR count). The molecule has 16 heavy (non-hydrogen) atoms. The first-order valence-electron chi connectivity index (χ1n) is 5.10. The van der Waals surface area contributed by atoms with E-state index in [1.165, 1.54) is 0 Å². The first-order valence-corrected chi connectivity index (χ1v) is 5.10. The molecule has 1 heterocycles. The number of aliphatic carboxylic acids is 1. The molecule has 5 heteroatoms. The van der Waals surface area contributed by atoms with Crippen molar-refractivity contribution in [2.75, 3.05) is 25.5 Å². The second-order valence-electron chi connectivity index (χ2n) is 3.84. The average molecular weight is 223 g/mol. The van der Waals surface area contributed by atoms with Gasteiger partial charge in [0.1, 0.15) is 5.82 Å². The highest BCUT2D eigenvalue weighted by atomic mass is 16.4. The first-order chi connectivity index (χ1) is 7.56.